The van der Waals surface area contributed by atoms with Crippen molar-refractivity contribution in [2.24, 2.45) is 0 Å². The fourth-order valence-corrected chi connectivity index (χ4v) is 1.42. The SMILES string of the molecule is CC(=O)c1ccc(N(C)CC(F)F)cc1N. The van der Waals surface area contributed by atoms with Gasteiger partial charge in [0.2, 0.25) is 0 Å². The Kier molecular flexibility index (Phi) is 3.82. The minimum Gasteiger partial charge on any atom is -0.398 e. The predicted octanol–water partition coefficient (Wildman–Crippen LogP) is 2.17. The summed E-state index contributed by atoms with van der Waals surface area (Å²) in [4.78, 5) is 12.5. The Morgan fingerprint density at radius 1 is 1.50 bits per heavy atom. The van der Waals surface area contributed by atoms with Crippen LogP contribution in [-0.2, 0) is 0 Å². The number of alkyl halides is 2. The monoisotopic (exact) mass is 228 g/mol. The van der Waals surface area contributed by atoms with E-state index in [0.29, 0.717) is 16.9 Å². The topological polar surface area (TPSA) is 46.3 Å². The number of hydrogen-bond acceptors (Lipinski definition) is 3. The number of anilines is 2. The number of carbonyl (C=O) groups excluding carboxylic acids is 1. The van der Waals surface area contributed by atoms with Crippen LogP contribution < -0.4 is 10.6 Å². The first-order valence-electron chi connectivity index (χ1n) is 4.81. The van der Waals surface area contributed by atoms with Crippen LogP contribution >= 0.6 is 0 Å². The van der Waals surface area contributed by atoms with Gasteiger partial charge < -0.3 is 10.6 Å². The highest BCUT2D eigenvalue weighted by Crippen LogP contribution is 2.21. The van der Waals surface area contributed by atoms with Crippen LogP contribution in [-0.4, -0.2) is 25.8 Å². The van der Waals surface area contributed by atoms with Gasteiger partial charge in [-0.1, -0.05) is 0 Å². The molecule has 0 amide bonds. The quantitative estimate of drug-likeness (QED) is 0.634. The van der Waals surface area contributed by atoms with Crippen molar-refractivity contribution >= 4 is 17.2 Å². The van der Waals surface area contributed by atoms with Gasteiger partial charge in [-0.2, -0.15) is 0 Å². The van der Waals surface area contributed by atoms with Gasteiger partial charge in [0.1, 0.15) is 0 Å². The molecular formula is C11H14F2N2O. The molecule has 16 heavy (non-hydrogen) atoms. The lowest BCUT2D eigenvalue weighted by molar-refractivity contribution is 0.101. The minimum absolute atomic E-state index is 0.138. The molecule has 0 fully saturated rings. The van der Waals surface area contributed by atoms with E-state index in [1.165, 1.54) is 17.9 Å². The van der Waals surface area contributed by atoms with Crippen molar-refractivity contribution in [1.29, 1.82) is 0 Å². The van der Waals surface area contributed by atoms with E-state index in [0.717, 1.165) is 0 Å². The van der Waals surface area contributed by atoms with Crippen LogP contribution in [0.4, 0.5) is 20.2 Å². The molecule has 0 radical (unpaired) electrons. The zero-order chi connectivity index (χ0) is 12.3. The van der Waals surface area contributed by atoms with E-state index in [-0.39, 0.29) is 12.3 Å². The molecule has 3 nitrogen and oxygen atoms in total. The molecule has 0 aliphatic heterocycles. The van der Waals surface area contributed by atoms with Crippen LogP contribution in [0.5, 0.6) is 0 Å². The molecule has 0 unspecified atom stereocenters. The third-order valence-corrected chi connectivity index (χ3v) is 2.27. The maximum absolute atomic E-state index is 12.2. The van der Waals surface area contributed by atoms with Crippen LogP contribution in [0.3, 0.4) is 0 Å². The number of benzene rings is 1. The van der Waals surface area contributed by atoms with Crippen LogP contribution in [0.2, 0.25) is 0 Å². The molecule has 2 N–H and O–H groups in total. The molecule has 88 valence electrons. The summed E-state index contributed by atoms with van der Waals surface area (Å²) in [6.45, 7) is 1.05. The van der Waals surface area contributed by atoms with Crippen molar-refractivity contribution in [3.05, 3.63) is 23.8 Å². The van der Waals surface area contributed by atoms with Crippen molar-refractivity contribution < 1.29 is 13.6 Å². The van der Waals surface area contributed by atoms with Crippen molar-refractivity contribution in [1.82, 2.24) is 0 Å². The first kappa shape index (κ1) is 12.4. The Balaban J connectivity index is 2.92. The minimum atomic E-state index is -2.40. The van der Waals surface area contributed by atoms with Crippen LogP contribution in [0.25, 0.3) is 0 Å². The molecule has 0 aromatic heterocycles. The highest BCUT2D eigenvalue weighted by Gasteiger charge is 2.11. The first-order valence-corrected chi connectivity index (χ1v) is 4.81. The van der Waals surface area contributed by atoms with Gasteiger partial charge in [-0.15, -0.1) is 0 Å². The Hall–Kier alpha value is -1.65. The molecule has 1 aromatic rings. The highest BCUT2D eigenvalue weighted by molar-refractivity contribution is 5.99. The second-order valence-corrected chi connectivity index (χ2v) is 3.60. The fourth-order valence-electron chi connectivity index (χ4n) is 1.42. The Morgan fingerprint density at radius 3 is 2.56 bits per heavy atom. The van der Waals surface area contributed by atoms with Crippen molar-refractivity contribution in [3.63, 3.8) is 0 Å². The molecule has 0 spiro atoms. The second kappa shape index (κ2) is 4.92. The van der Waals surface area contributed by atoms with Crippen LogP contribution in [0.1, 0.15) is 17.3 Å². The average molecular weight is 228 g/mol. The summed E-state index contributed by atoms with van der Waals surface area (Å²) in [5, 5.41) is 0. The normalized spacial score (nSPS) is 10.6. The van der Waals surface area contributed by atoms with E-state index in [9.17, 15) is 13.6 Å². The van der Waals surface area contributed by atoms with E-state index in [2.05, 4.69) is 0 Å². The molecule has 1 aromatic carbocycles. The third-order valence-electron chi connectivity index (χ3n) is 2.27. The second-order valence-electron chi connectivity index (χ2n) is 3.60. The van der Waals surface area contributed by atoms with Crippen LogP contribution in [0.15, 0.2) is 18.2 Å². The third kappa shape index (κ3) is 2.92. The highest BCUT2D eigenvalue weighted by atomic mass is 19.3. The lowest BCUT2D eigenvalue weighted by Crippen LogP contribution is -2.24. The van der Waals surface area contributed by atoms with Crippen LogP contribution in [0, 0.1) is 0 Å². The number of Topliss-reactive ketones (excluding diaryl/α,β-unsaturated/α-hetero) is 1. The zero-order valence-electron chi connectivity index (χ0n) is 9.21. The number of ketones is 1. The summed E-state index contributed by atoms with van der Waals surface area (Å²) in [7, 11) is 1.55. The Bertz CT molecular complexity index is 394. The molecule has 5 heteroatoms. The smallest absolute Gasteiger partial charge is 0.255 e. The summed E-state index contributed by atoms with van der Waals surface area (Å²) in [6.07, 6.45) is -2.40. The molecular weight excluding hydrogens is 214 g/mol. The van der Waals surface area contributed by atoms with E-state index >= 15 is 0 Å². The number of halogens is 2. The summed E-state index contributed by atoms with van der Waals surface area (Å²) >= 11 is 0. The van der Waals surface area contributed by atoms with E-state index in [4.69, 9.17) is 5.73 Å². The van der Waals surface area contributed by atoms with E-state index < -0.39 is 6.43 Å². The van der Waals surface area contributed by atoms with Crippen molar-refractivity contribution in [2.45, 2.75) is 13.3 Å². The number of nitrogens with zero attached hydrogens (tertiary/aromatic N) is 1. The Morgan fingerprint density at radius 2 is 2.12 bits per heavy atom. The number of carbonyl (C=O) groups is 1. The van der Waals surface area contributed by atoms with Gasteiger partial charge in [-0.3, -0.25) is 4.79 Å². The lowest BCUT2D eigenvalue weighted by atomic mass is 10.1. The number of hydrogen-bond donors (Lipinski definition) is 1. The van der Waals surface area contributed by atoms with E-state index in [1.54, 1.807) is 19.2 Å². The summed E-state index contributed by atoms with van der Waals surface area (Å²) in [5.41, 5.74) is 6.95. The van der Waals surface area contributed by atoms with Gasteiger partial charge in [-0.25, -0.2) is 8.78 Å². The summed E-state index contributed by atoms with van der Waals surface area (Å²) in [5.74, 6) is -0.138. The Labute approximate surface area is 92.8 Å². The largest absolute Gasteiger partial charge is 0.398 e. The first-order chi connectivity index (χ1) is 7.41. The van der Waals surface area contributed by atoms with E-state index in [1.807, 2.05) is 0 Å². The molecule has 0 bridgehead atoms. The van der Waals surface area contributed by atoms with Crippen molar-refractivity contribution in [3.8, 4) is 0 Å². The summed E-state index contributed by atoms with van der Waals surface area (Å²) in [6, 6.07) is 4.68. The average Bonchev–Trinajstić information content (AvgIpc) is 2.15. The molecule has 0 atom stereocenters. The lowest BCUT2D eigenvalue weighted by Gasteiger charge is -2.19. The molecule has 1 rings (SSSR count). The maximum atomic E-state index is 12.2. The summed E-state index contributed by atoms with van der Waals surface area (Å²) < 4.78 is 24.3. The molecule has 0 aliphatic carbocycles. The molecule has 0 saturated heterocycles. The maximum Gasteiger partial charge on any atom is 0.255 e. The zero-order valence-corrected chi connectivity index (χ0v) is 9.21. The van der Waals surface area contributed by atoms with Crippen molar-refractivity contribution in [2.75, 3.05) is 24.2 Å². The number of nitrogens with two attached hydrogens (primary N) is 1. The molecule has 0 saturated carbocycles. The number of rotatable bonds is 4. The fraction of sp³-hybridized carbons (Fsp3) is 0.364. The molecule has 0 heterocycles. The number of nitrogen functional groups attached to an aromatic ring is 1. The van der Waals surface area contributed by atoms with Gasteiger partial charge in [0.25, 0.3) is 6.43 Å². The van der Waals surface area contributed by atoms with Gasteiger partial charge >= 0.3 is 0 Å². The predicted molar refractivity (Wildman–Crippen MR) is 60.1 cm³/mol. The van der Waals surface area contributed by atoms with Gasteiger partial charge in [-0.05, 0) is 25.1 Å². The van der Waals surface area contributed by atoms with Gasteiger partial charge in [0.05, 0.1) is 6.54 Å². The standard InChI is InChI=1S/C11H14F2N2O/c1-7(16)9-4-3-8(5-10(9)14)15(2)6-11(12)13/h3-5,11H,6,14H2,1-2H3. The van der Waals surface area contributed by atoms with Gasteiger partial charge in [0, 0.05) is 24.0 Å². The molecule has 0 aliphatic rings. The van der Waals surface area contributed by atoms with Gasteiger partial charge in [0.15, 0.2) is 5.78 Å².